The van der Waals surface area contributed by atoms with Crippen molar-refractivity contribution in [1.29, 1.82) is 0 Å². The number of nitrogens with one attached hydrogen (secondary N) is 1. The van der Waals surface area contributed by atoms with Crippen molar-refractivity contribution in [3.63, 3.8) is 0 Å². The number of piperidine rings is 1. The van der Waals surface area contributed by atoms with Crippen LogP contribution in [0.15, 0.2) is 24.3 Å². The van der Waals surface area contributed by atoms with E-state index < -0.39 is 40.1 Å². The van der Waals surface area contributed by atoms with Crippen molar-refractivity contribution in [3.05, 3.63) is 29.8 Å². The number of benzene rings is 1. The van der Waals surface area contributed by atoms with E-state index in [0.29, 0.717) is 31.6 Å². The molecule has 1 aromatic carbocycles. The van der Waals surface area contributed by atoms with E-state index in [4.69, 9.17) is 23.7 Å². The number of fused-ring (bicyclic) bond motifs is 2. The molecule has 1 aromatic rings. The van der Waals surface area contributed by atoms with E-state index in [0.717, 1.165) is 12.8 Å². The van der Waals surface area contributed by atoms with Crippen LogP contribution in [0.5, 0.6) is 0 Å². The Bertz CT molecular complexity index is 1360. The van der Waals surface area contributed by atoms with E-state index in [1.807, 2.05) is 0 Å². The number of esters is 1. The summed E-state index contributed by atoms with van der Waals surface area (Å²) >= 11 is 0. The number of hydrogen-bond acceptors (Lipinski definition) is 10. The number of carbonyl (C=O) groups is 2. The molecule has 13 atom stereocenters. The Hall–Kier alpha value is -2.12. The van der Waals surface area contributed by atoms with E-state index in [1.165, 1.54) is 6.92 Å². The van der Waals surface area contributed by atoms with Gasteiger partial charge in [-0.15, -0.1) is 0 Å². The van der Waals surface area contributed by atoms with Crippen molar-refractivity contribution in [1.82, 2.24) is 4.90 Å². The van der Waals surface area contributed by atoms with Gasteiger partial charge in [-0.25, -0.2) is 4.79 Å². The van der Waals surface area contributed by atoms with Gasteiger partial charge in [0.2, 0.25) is 5.91 Å². The molecule has 248 valence electrons. The third-order valence-corrected chi connectivity index (χ3v) is 13.3. The summed E-state index contributed by atoms with van der Waals surface area (Å²) in [5.41, 5.74) is -3.68. The molecule has 0 unspecified atom stereocenters. The second kappa shape index (κ2) is 10.7. The number of amides is 1. The summed E-state index contributed by atoms with van der Waals surface area (Å²) in [6.07, 6.45) is 0.993. The molecular weight excluding hydrogens is 580 g/mol. The average Bonchev–Trinajstić information content (AvgIpc) is 3.45. The Morgan fingerprint density at radius 3 is 2.47 bits per heavy atom. The maximum Gasteiger partial charge on any atom is 0.340 e. The molecule has 7 rings (SSSR count). The molecule has 1 saturated heterocycles. The van der Waals surface area contributed by atoms with Crippen LogP contribution >= 0.6 is 0 Å². The molecule has 11 nitrogen and oxygen atoms in total. The van der Waals surface area contributed by atoms with Gasteiger partial charge >= 0.3 is 5.97 Å². The highest BCUT2D eigenvalue weighted by Crippen LogP contribution is 2.80. The first-order chi connectivity index (χ1) is 21.5. The Labute approximate surface area is 264 Å². The van der Waals surface area contributed by atoms with Gasteiger partial charge in [0.15, 0.2) is 0 Å². The highest BCUT2D eigenvalue weighted by atomic mass is 16.5. The lowest BCUT2D eigenvalue weighted by molar-refractivity contribution is -0.320. The Balaban J connectivity index is 1.37. The molecular formula is C34H48N2O9. The SMILES string of the molecule is CCN1C[C@]2(COC(=O)c3ccccc3NC(C)=O)CC[C@@H](OC)[C@]34[C@@H]5C[C@H]6[C@H](OC)[C@@H]5[C@](O)(C[C@@H]6OC)[C@](O)([C@H]13)[C@@H](OC)[C@@H]24. The average molecular weight is 629 g/mol. The lowest BCUT2D eigenvalue weighted by Crippen LogP contribution is -2.82. The summed E-state index contributed by atoms with van der Waals surface area (Å²) in [4.78, 5) is 27.9. The first-order valence-corrected chi connectivity index (χ1v) is 16.4. The van der Waals surface area contributed by atoms with Crippen LogP contribution in [-0.4, -0.2) is 117 Å². The number of hydrogen-bond donors (Lipinski definition) is 3. The summed E-state index contributed by atoms with van der Waals surface area (Å²) in [6.45, 7) is 4.81. The highest BCUT2D eigenvalue weighted by molar-refractivity contribution is 6.00. The molecule has 0 radical (unpaired) electrons. The number of anilines is 1. The molecule has 11 heteroatoms. The maximum absolute atomic E-state index is 13.7. The largest absolute Gasteiger partial charge is 0.461 e. The standard InChI is InChI=1S/C34H48N2O9/c1-7-36-16-31(17-45-29(38)19-10-8-9-11-22(19)35-18(2)37)13-12-24(42-4)33-21-14-20-23(41-3)15-32(39,25(21)26(20)43-5)34(40,30(33)36)28(44-6)27(31)33/h8-11,20-21,23-28,30,39-40H,7,12-17H2,1-6H3,(H,35,37)/t20-,21-,23+,24-,25-,26+,27+,28+,30-,31+,32-,33+,34-/m1/s1. The molecule has 1 aliphatic heterocycles. The highest BCUT2D eigenvalue weighted by Gasteiger charge is 2.91. The molecule has 1 spiro atoms. The number of ether oxygens (including phenoxy) is 5. The fourth-order valence-electron chi connectivity index (χ4n) is 12.2. The van der Waals surface area contributed by atoms with Crippen LogP contribution in [0.2, 0.25) is 0 Å². The summed E-state index contributed by atoms with van der Waals surface area (Å²) in [5.74, 6) is -1.36. The van der Waals surface area contributed by atoms with Gasteiger partial charge in [0.05, 0.1) is 48.3 Å². The van der Waals surface area contributed by atoms with Crippen LogP contribution in [0, 0.1) is 34.5 Å². The van der Waals surface area contributed by atoms with Crippen molar-refractivity contribution in [2.24, 2.45) is 34.5 Å². The number of carbonyl (C=O) groups excluding carboxylic acids is 2. The minimum atomic E-state index is -1.66. The zero-order valence-electron chi connectivity index (χ0n) is 27.2. The smallest absolute Gasteiger partial charge is 0.340 e. The maximum atomic E-state index is 13.7. The Kier molecular flexibility index (Phi) is 7.48. The fourth-order valence-corrected chi connectivity index (χ4v) is 12.2. The summed E-state index contributed by atoms with van der Waals surface area (Å²) in [5, 5.41) is 29.2. The van der Waals surface area contributed by atoms with E-state index >= 15 is 0 Å². The molecule has 6 fully saturated rings. The predicted molar refractivity (Wildman–Crippen MR) is 162 cm³/mol. The molecule has 45 heavy (non-hydrogen) atoms. The minimum Gasteiger partial charge on any atom is -0.461 e. The van der Waals surface area contributed by atoms with Crippen LogP contribution in [0.3, 0.4) is 0 Å². The van der Waals surface area contributed by atoms with Gasteiger partial charge in [-0.05, 0) is 43.9 Å². The van der Waals surface area contributed by atoms with Crippen LogP contribution in [-0.2, 0) is 28.5 Å². The monoisotopic (exact) mass is 628 g/mol. The fraction of sp³-hybridized carbons (Fsp3) is 0.765. The van der Waals surface area contributed by atoms with Crippen molar-refractivity contribution < 1.29 is 43.5 Å². The molecule has 3 N–H and O–H groups in total. The summed E-state index contributed by atoms with van der Waals surface area (Å²) < 4.78 is 31.2. The zero-order valence-corrected chi connectivity index (χ0v) is 27.2. The van der Waals surface area contributed by atoms with Crippen LogP contribution < -0.4 is 5.32 Å². The molecule has 6 aliphatic rings. The first-order valence-electron chi connectivity index (χ1n) is 16.4. The van der Waals surface area contributed by atoms with E-state index in [1.54, 1.807) is 52.7 Å². The van der Waals surface area contributed by atoms with Crippen LogP contribution in [0.4, 0.5) is 5.69 Å². The van der Waals surface area contributed by atoms with E-state index in [9.17, 15) is 19.8 Å². The molecule has 7 bridgehead atoms. The number of rotatable bonds is 9. The van der Waals surface area contributed by atoms with Crippen LogP contribution in [0.1, 0.15) is 49.9 Å². The normalized spacial score (nSPS) is 47.4. The molecule has 1 heterocycles. The topological polar surface area (TPSA) is 136 Å². The number of para-hydroxylation sites is 1. The van der Waals surface area contributed by atoms with Gasteiger partial charge in [-0.3, -0.25) is 9.69 Å². The molecule has 1 amide bonds. The number of likely N-dealkylation sites (N-methyl/N-ethyl adjacent to an activating group) is 1. The number of nitrogens with zero attached hydrogens (tertiary/aromatic N) is 1. The number of likely N-dealkylation sites (tertiary alicyclic amines) is 1. The van der Waals surface area contributed by atoms with Crippen LogP contribution in [0.25, 0.3) is 0 Å². The Morgan fingerprint density at radius 2 is 1.82 bits per heavy atom. The van der Waals surface area contributed by atoms with Gasteiger partial charge in [0.1, 0.15) is 11.2 Å². The van der Waals surface area contributed by atoms with Gasteiger partial charge in [-0.2, -0.15) is 0 Å². The van der Waals surface area contributed by atoms with Gasteiger partial charge in [0, 0.05) is 76.9 Å². The minimum absolute atomic E-state index is 0.0387. The molecule has 5 saturated carbocycles. The third kappa shape index (κ3) is 3.72. The van der Waals surface area contributed by atoms with Gasteiger partial charge < -0.3 is 39.2 Å². The van der Waals surface area contributed by atoms with Crippen molar-refractivity contribution >= 4 is 17.6 Å². The molecule has 5 aliphatic carbocycles. The lowest BCUT2D eigenvalue weighted by Gasteiger charge is -2.70. The van der Waals surface area contributed by atoms with Crippen molar-refractivity contribution in [3.8, 4) is 0 Å². The number of methoxy groups -OCH3 is 4. The van der Waals surface area contributed by atoms with Gasteiger partial charge in [-0.1, -0.05) is 19.1 Å². The second-order valence-corrected chi connectivity index (χ2v) is 14.5. The zero-order chi connectivity index (χ0) is 32.1. The predicted octanol–water partition coefficient (Wildman–Crippen LogP) is 2.09. The third-order valence-electron chi connectivity index (χ3n) is 13.3. The summed E-state index contributed by atoms with van der Waals surface area (Å²) in [7, 11) is 6.75. The van der Waals surface area contributed by atoms with Crippen molar-refractivity contribution in [2.75, 3.05) is 53.5 Å². The lowest BCUT2D eigenvalue weighted by atomic mass is 9.42. The van der Waals surface area contributed by atoms with E-state index in [2.05, 4.69) is 17.1 Å². The van der Waals surface area contributed by atoms with E-state index in [-0.39, 0.29) is 60.1 Å². The Morgan fingerprint density at radius 1 is 1.07 bits per heavy atom. The summed E-state index contributed by atoms with van der Waals surface area (Å²) in [6, 6.07) is 6.41. The van der Waals surface area contributed by atoms with Crippen molar-refractivity contribution in [2.45, 2.75) is 81.2 Å². The quantitative estimate of drug-likeness (QED) is 0.349. The number of aliphatic hydroxyl groups is 2. The first kappa shape index (κ1) is 31.5. The second-order valence-electron chi connectivity index (χ2n) is 14.5. The molecule has 0 aromatic heterocycles. The van der Waals surface area contributed by atoms with Gasteiger partial charge in [0.25, 0.3) is 0 Å².